The third kappa shape index (κ3) is 3.49. The summed E-state index contributed by atoms with van der Waals surface area (Å²) in [5, 5.41) is 5.81. The van der Waals surface area contributed by atoms with Crippen LogP contribution in [0.25, 0.3) is 0 Å². The van der Waals surface area contributed by atoms with Crippen LogP contribution in [0.15, 0.2) is 42.5 Å². The van der Waals surface area contributed by atoms with Crippen molar-refractivity contribution in [2.45, 2.75) is 56.8 Å². The predicted octanol–water partition coefficient (Wildman–Crippen LogP) is 2.40. The van der Waals surface area contributed by atoms with Crippen LogP contribution < -0.4 is 16.4 Å². The number of hydrogen-bond donors (Lipinski definition) is 3. The van der Waals surface area contributed by atoms with E-state index in [1.54, 1.807) is 4.90 Å². The number of piperidine rings is 1. The molecular weight excluding hydrogens is 392 g/mol. The van der Waals surface area contributed by atoms with Crippen molar-refractivity contribution in [1.82, 2.24) is 10.2 Å². The van der Waals surface area contributed by atoms with Gasteiger partial charge in [0.05, 0.1) is 0 Å². The number of nitrogens with zero attached hydrogens (tertiary/aromatic N) is 1. The molecule has 2 aromatic carbocycles. The van der Waals surface area contributed by atoms with E-state index in [9.17, 15) is 14.4 Å². The largest absolute Gasteiger partial charge is 0.381 e. The first kappa shape index (κ1) is 19.8. The molecule has 2 fully saturated rings. The normalized spacial score (nSPS) is 22.0. The van der Waals surface area contributed by atoms with Gasteiger partial charge in [-0.1, -0.05) is 24.3 Å². The zero-order chi connectivity index (χ0) is 21.6. The SMILES string of the molecule is NC1(c2cccc(NCc3cccc4c3CN(C3CCC(=O)NC3=O)C4=O)c2)CCC1. The fourth-order valence-corrected chi connectivity index (χ4v) is 4.80. The maximum absolute atomic E-state index is 13.0. The van der Waals surface area contributed by atoms with E-state index in [0.29, 0.717) is 25.1 Å². The second-order valence-corrected chi connectivity index (χ2v) is 8.79. The van der Waals surface area contributed by atoms with E-state index in [1.807, 2.05) is 30.3 Å². The van der Waals surface area contributed by atoms with Crippen LogP contribution in [0.3, 0.4) is 0 Å². The van der Waals surface area contributed by atoms with Gasteiger partial charge < -0.3 is 16.0 Å². The lowest BCUT2D eigenvalue weighted by molar-refractivity contribution is -0.136. The van der Waals surface area contributed by atoms with Crippen LogP contribution in [0.5, 0.6) is 0 Å². The molecule has 3 aliphatic rings. The number of fused-ring (bicyclic) bond motifs is 1. The summed E-state index contributed by atoms with van der Waals surface area (Å²) < 4.78 is 0. The zero-order valence-corrected chi connectivity index (χ0v) is 17.3. The zero-order valence-electron chi connectivity index (χ0n) is 17.3. The van der Waals surface area contributed by atoms with Crippen LogP contribution in [0.4, 0.5) is 5.69 Å². The predicted molar refractivity (Wildman–Crippen MR) is 116 cm³/mol. The Morgan fingerprint density at radius 2 is 1.94 bits per heavy atom. The van der Waals surface area contributed by atoms with E-state index in [0.717, 1.165) is 35.2 Å². The highest BCUT2D eigenvalue weighted by Crippen LogP contribution is 2.39. The van der Waals surface area contributed by atoms with Crippen molar-refractivity contribution in [1.29, 1.82) is 0 Å². The lowest BCUT2D eigenvalue weighted by Crippen LogP contribution is -2.52. The highest BCUT2D eigenvalue weighted by Gasteiger charge is 2.39. The molecule has 5 rings (SSSR count). The Kier molecular flexibility index (Phi) is 4.78. The molecule has 7 heteroatoms. The Labute approximate surface area is 181 Å². The van der Waals surface area contributed by atoms with E-state index < -0.39 is 6.04 Å². The highest BCUT2D eigenvalue weighted by molar-refractivity contribution is 6.05. The number of amides is 3. The lowest BCUT2D eigenvalue weighted by atomic mass is 9.73. The summed E-state index contributed by atoms with van der Waals surface area (Å²) in [7, 11) is 0. The minimum absolute atomic E-state index is 0.150. The standard InChI is InChI=1S/C24H26N4O3/c25-24(10-3-11-24)16-5-2-6-17(12-16)26-13-15-4-1-7-18-19(15)14-28(23(18)31)20-8-9-21(29)27-22(20)30/h1-2,4-7,12,20,26H,3,8-11,13-14,25H2,(H,27,29,30). The third-order valence-electron chi connectivity index (χ3n) is 6.85. The molecule has 0 spiro atoms. The Hall–Kier alpha value is -3.19. The Morgan fingerprint density at radius 1 is 1.13 bits per heavy atom. The molecule has 1 saturated heterocycles. The van der Waals surface area contributed by atoms with E-state index in [2.05, 4.69) is 22.8 Å². The topological polar surface area (TPSA) is 105 Å². The Morgan fingerprint density at radius 3 is 2.68 bits per heavy atom. The quantitative estimate of drug-likeness (QED) is 0.647. The van der Waals surface area contributed by atoms with Crippen molar-refractivity contribution >= 4 is 23.4 Å². The van der Waals surface area contributed by atoms with Gasteiger partial charge in [0.2, 0.25) is 11.8 Å². The van der Waals surface area contributed by atoms with Gasteiger partial charge in [-0.25, -0.2) is 0 Å². The number of nitrogens with one attached hydrogen (secondary N) is 2. The summed E-state index contributed by atoms with van der Waals surface area (Å²) in [5.74, 6) is -0.817. The number of carbonyl (C=O) groups is 3. The van der Waals surface area contributed by atoms with Crippen LogP contribution in [-0.4, -0.2) is 28.7 Å². The molecule has 4 N–H and O–H groups in total. The Balaban J connectivity index is 1.33. The maximum atomic E-state index is 13.0. The Bertz CT molecular complexity index is 1080. The summed E-state index contributed by atoms with van der Waals surface area (Å²) >= 11 is 0. The van der Waals surface area contributed by atoms with Crippen LogP contribution >= 0.6 is 0 Å². The second kappa shape index (κ2) is 7.50. The van der Waals surface area contributed by atoms with Crippen LogP contribution in [0, 0.1) is 0 Å². The van der Waals surface area contributed by atoms with Crippen LogP contribution in [0.2, 0.25) is 0 Å². The molecular formula is C24H26N4O3. The van der Waals surface area contributed by atoms with Crippen molar-refractivity contribution in [3.8, 4) is 0 Å². The molecule has 2 aliphatic heterocycles. The summed E-state index contributed by atoms with van der Waals surface area (Å²) in [6.45, 7) is 0.949. The summed E-state index contributed by atoms with van der Waals surface area (Å²) in [6, 6.07) is 13.3. The molecule has 1 aliphatic carbocycles. The second-order valence-electron chi connectivity index (χ2n) is 8.79. The molecule has 0 aromatic heterocycles. The number of anilines is 1. The fourth-order valence-electron chi connectivity index (χ4n) is 4.80. The third-order valence-corrected chi connectivity index (χ3v) is 6.85. The molecule has 0 radical (unpaired) electrons. The highest BCUT2D eigenvalue weighted by atomic mass is 16.2. The minimum atomic E-state index is -0.599. The number of nitrogens with two attached hydrogens (primary N) is 1. The molecule has 0 bridgehead atoms. The van der Waals surface area contributed by atoms with Crippen LogP contribution in [-0.2, 0) is 28.2 Å². The molecule has 1 unspecified atom stereocenters. The number of rotatable bonds is 5. The van der Waals surface area contributed by atoms with Gasteiger partial charge in [0.25, 0.3) is 5.91 Å². The average Bonchev–Trinajstić information content (AvgIpc) is 3.08. The minimum Gasteiger partial charge on any atom is -0.381 e. The monoisotopic (exact) mass is 418 g/mol. The molecule has 3 amide bonds. The van der Waals surface area contributed by atoms with Gasteiger partial charge in [0.15, 0.2) is 0 Å². The van der Waals surface area contributed by atoms with Crippen LogP contribution in [0.1, 0.15) is 59.2 Å². The first-order valence-electron chi connectivity index (χ1n) is 10.8. The molecule has 2 aromatic rings. The van der Waals surface area contributed by atoms with E-state index >= 15 is 0 Å². The van der Waals surface area contributed by atoms with Gasteiger partial charge >= 0.3 is 0 Å². The number of imide groups is 1. The van der Waals surface area contributed by atoms with Gasteiger partial charge in [0, 0.05) is 36.3 Å². The molecule has 1 saturated carbocycles. The van der Waals surface area contributed by atoms with E-state index in [-0.39, 0.29) is 29.7 Å². The first-order valence-corrected chi connectivity index (χ1v) is 10.8. The first-order chi connectivity index (χ1) is 14.9. The van der Waals surface area contributed by atoms with Crippen molar-refractivity contribution in [3.63, 3.8) is 0 Å². The summed E-state index contributed by atoms with van der Waals surface area (Å²) in [6.07, 6.45) is 3.82. The smallest absolute Gasteiger partial charge is 0.255 e. The molecule has 7 nitrogen and oxygen atoms in total. The number of carbonyl (C=O) groups excluding carboxylic acids is 3. The van der Waals surface area contributed by atoms with Gasteiger partial charge in [-0.15, -0.1) is 0 Å². The van der Waals surface area contributed by atoms with E-state index in [1.165, 1.54) is 6.42 Å². The van der Waals surface area contributed by atoms with Gasteiger partial charge in [-0.05, 0) is 60.6 Å². The van der Waals surface area contributed by atoms with E-state index in [4.69, 9.17) is 5.73 Å². The van der Waals surface area contributed by atoms with Crippen molar-refractivity contribution in [3.05, 3.63) is 64.7 Å². The van der Waals surface area contributed by atoms with Crippen molar-refractivity contribution in [2.24, 2.45) is 5.73 Å². The van der Waals surface area contributed by atoms with Crippen molar-refractivity contribution in [2.75, 3.05) is 5.32 Å². The number of hydrogen-bond acceptors (Lipinski definition) is 5. The summed E-state index contributed by atoms with van der Waals surface area (Å²) in [5.41, 5.74) is 11.0. The summed E-state index contributed by atoms with van der Waals surface area (Å²) in [4.78, 5) is 38.3. The van der Waals surface area contributed by atoms with Gasteiger partial charge in [0.1, 0.15) is 6.04 Å². The average molecular weight is 418 g/mol. The maximum Gasteiger partial charge on any atom is 0.255 e. The fraction of sp³-hybridized carbons (Fsp3) is 0.375. The van der Waals surface area contributed by atoms with Crippen molar-refractivity contribution < 1.29 is 14.4 Å². The molecule has 160 valence electrons. The molecule has 31 heavy (non-hydrogen) atoms. The van der Waals surface area contributed by atoms with Gasteiger partial charge in [-0.3, -0.25) is 19.7 Å². The number of benzene rings is 2. The lowest BCUT2D eigenvalue weighted by Gasteiger charge is -2.38. The molecule has 2 heterocycles. The van der Waals surface area contributed by atoms with Gasteiger partial charge in [-0.2, -0.15) is 0 Å². The molecule has 1 atom stereocenters.